The highest BCUT2D eigenvalue weighted by atomic mass is 32.2. The zero-order valence-corrected chi connectivity index (χ0v) is 18.2. The van der Waals surface area contributed by atoms with E-state index in [1.807, 2.05) is 37.4 Å². The highest BCUT2D eigenvalue weighted by Gasteiger charge is 2.17. The molecule has 154 valence electrons. The Labute approximate surface area is 182 Å². The Hall–Kier alpha value is -2.84. The maximum Gasteiger partial charge on any atom is 0.231 e. The summed E-state index contributed by atoms with van der Waals surface area (Å²) < 4.78 is 11.4. The number of carbonyl (C=O) groups excluding carboxylic acids is 2. The number of nitrogens with one attached hydrogen (secondary N) is 1. The Morgan fingerprint density at radius 2 is 1.90 bits per heavy atom. The minimum atomic E-state index is -0.106. The number of amides is 1. The summed E-state index contributed by atoms with van der Waals surface area (Å²) in [7, 11) is 0. The van der Waals surface area contributed by atoms with Gasteiger partial charge < -0.3 is 14.8 Å². The van der Waals surface area contributed by atoms with Gasteiger partial charge in [0.15, 0.2) is 21.6 Å². The number of ketones is 1. The Balaban J connectivity index is 1.32. The normalized spacial score (nSPS) is 12.1. The first-order valence-corrected chi connectivity index (χ1v) is 11.2. The number of hydrogen-bond donors (Lipinski definition) is 1. The van der Waals surface area contributed by atoms with Gasteiger partial charge >= 0.3 is 0 Å². The number of thiazole rings is 1. The number of Topliss-reactive ketones (excluding diaryl/α,β-unsaturated/α-hetero) is 1. The van der Waals surface area contributed by atoms with Crippen molar-refractivity contribution in [1.82, 2.24) is 4.98 Å². The molecule has 30 heavy (non-hydrogen) atoms. The molecule has 1 aliphatic heterocycles. The number of thioether (sulfide) groups is 1. The van der Waals surface area contributed by atoms with Crippen molar-refractivity contribution >= 4 is 40.5 Å². The molecule has 0 unspecified atom stereocenters. The van der Waals surface area contributed by atoms with Crippen LogP contribution in [0.15, 0.2) is 46.1 Å². The van der Waals surface area contributed by atoms with Gasteiger partial charge in [-0.25, -0.2) is 4.98 Å². The molecule has 0 radical (unpaired) electrons. The average molecular weight is 441 g/mol. The summed E-state index contributed by atoms with van der Waals surface area (Å²) in [6, 6.07) is 11.1. The Morgan fingerprint density at radius 1 is 1.13 bits per heavy atom. The first-order valence-electron chi connectivity index (χ1n) is 9.36. The average Bonchev–Trinajstić information content (AvgIpc) is 3.37. The predicted molar refractivity (Wildman–Crippen MR) is 118 cm³/mol. The van der Waals surface area contributed by atoms with E-state index >= 15 is 0 Å². The van der Waals surface area contributed by atoms with E-state index in [4.69, 9.17) is 9.47 Å². The van der Waals surface area contributed by atoms with Gasteiger partial charge in [-0.1, -0.05) is 30.0 Å². The molecule has 3 aromatic rings. The zero-order valence-electron chi connectivity index (χ0n) is 16.6. The summed E-state index contributed by atoms with van der Waals surface area (Å²) in [5.41, 5.74) is 4.18. The molecular formula is C22H20N2O4S2. The Bertz CT molecular complexity index is 1090. The summed E-state index contributed by atoms with van der Waals surface area (Å²) in [5.74, 6) is 1.40. The minimum Gasteiger partial charge on any atom is -0.454 e. The molecule has 1 aliphatic rings. The fourth-order valence-corrected chi connectivity index (χ4v) is 4.82. The molecule has 6 nitrogen and oxygen atoms in total. The van der Waals surface area contributed by atoms with Crippen molar-refractivity contribution in [2.45, 2.75) is 24.6 Å². The SMILES string of the molecule is Cc1cccc(C)c1NC(=O)Cc1csc(SCC(=O)c2ccc3c(c2)OCO3)n1. The molecule has 0 spiro atoms. The van der Waals surface area contributed by atoms with Crippen molar-refractivity contribution < 1.29 is 19.1 Å². The molecule has 2 heterocycles. The van der Waals surface area contributed by atoms with E-state index in [1.54, 1.807) is 18.2 Å². The van der Waals surface area contributed by atoms with Crippen molar-refractivity contribution in [3.8, 4) is 11.5 Å². The topological polar surface area (TPSA) is 77.5 Å². The summed E-state index contributed by atoms with van der Waals surface area (Å²) in [6.45, 7) is 4.12. The molecule has 0 aliphatic carbocycles. The van der Waals surface area contributed by atoms with Crippen LogP contribution in [0.1, 0.15) is 27.2 Å². The standard InChI is InChI=1S/C22H20N2O4S2/c1-13-4-3-5-14(2)21(13)24-20(26)9-16-10-29-22(23-16)30-11-17(25)15-6-7-18-19(8-15)28-12-27-18/h3-8,10H,9,11-12H2,1-2H3,(H,24,26). The zero-order chi connectivity index (χ0) is 21.1. The van der Waals surface area contributed by atoms with E-state index in [9.17, 15) is 9.59 Å². The van der Waals surface area contributed by atoms with Crippen LogP contribution in [-0.4, -0.2) is 29.2 Å². The summed E-state index contributed by atoms with van der Waals surface area (Å²) in [5, 5.41) is 4.83. The van der Waals surface area contributed by atoms with Crippen LogP contribution in [0, 0.1) is 13.8 Å². The van der Waals surface area contributed by atoms with Crippen molar-refractivity contribution in [3.63, 3.8) is 0 Å². The van der Waals surface area contributed by atoms with Crippen LogP contribution in [0.4, 0.5) is 5.69 Å². The third-order valence-corrected chi connectivity index (χ3v) is 6.71. The van der Waals surface area contributed by atoms with Crippen molar-refractivity contribution in [1.29, 1.82) is 0 Å². The van der Waals surface area contributed by atoms with E-state index in [-0.39, 0.29) is 30.7 Å². The van der Waals surface area contributed by atoms with Crippen LogP contribution < -0.4 is 14.8 Å². The largest absolute Gasteiger partial charge is 0.454 e. The second-order valence-electron chi connectivity index (χ2n) is 6.88. The van der Waals surface area contributed by atoms with Gasteiger partial charge in [0.1, 0.15) is 0 Å². The molecule has 0 saturated carbocycles. The number of nitrogens with zero attached hydrogens (tertiary/aromatic N) is 1. The quantitative estimate of drug-likeness (QED) is 0.426. The number of benzene rings is 2. The van der Waals surface area contributed by atoms with E-state index in [2.05, 4.69) is 10.3 Å². The molecule has 8 heteroatoms. The second-order valence-corrected chi connectivity index (χ2v) is 8.96. The third-order valence-electron chi connectivity index (χ3n) is 4.64. The molecule has 4 rings (SSSR count). The number of anilines is 1. The molecule has 1 N–H and O–H groups in total. The minimum absolute atomic E-state index is 0.0113. The summed E-state index contributed by atoms with van der Waals surface area (Å²) >= 11 is 2.80. The van der Waals surface area contributed by atoms with Crippen molar-refractivity contribution in [3.05, 3.63) is 64.2 Å². The van der Waals surface area contributed by atoms with Gasteiger partial charge in [0.25, 0.3) is 0 Å². The molecule has 0 saturated heterocycles. The lowest BCUT2D eigenvalue weighted by molar-refractivity contribution is -0.115. The van der Waals surface area contributed by atoms with Crippen LogP contribution in [0.3, 0.4) is 0 Å². The Kier molecular flexibility index (Phi) is 6.06. The van der Waals surface area contributed by atoms with Crippen molar-refractivity contribution in [2.24, 2.45) is 0 Å². The number of carbonyl (C=O) groups is 2. The lowest BCUT2D eigenvalue weighted by atomic mass is 10.1. The van der Waals surface area contributed by atoms with Gasteiger partial charge in [0, 0.05) is 16.6 Å². The number of aromatic nitrogens is 1. The van der Waals surface area contributed by atoms with Crippen LogP contribution in [0.2, 0.25) is 0 Å². The molecule has 0 bridgehead atoms. The molecule has 0 atom stereocenters. The van der Waals surface area contributed by atoms with Gasteiger partial charge in [-0.2, -0.15) is 0 Å². The molecule has 2 aromatic carbocycles. The number of para-hydroxylation sites is 1. The number of hydrogen-bond acceptors (Lipinski definition) is 7. The van der Waals surface area contributed by atoms with Gasteiger partial charge in [0.2, 0.25) is 12.7 Å². The number of rotatable bonds is 7. The summed E-state index contributed by atoms with van der Waals surface area (Å²) in [6.07, 6.45) is 0.195. The molecule has 1 aromatic heterocycles. The van der Waals surface area contributed by atoms with Crippen molar-refractivity contribution in [2.75, 3.05) is 17.9 Å². The smallest absolute Gasteiger partial charge is 0.231 e. The van der Waals surface area contributed by atoms with Crippen LogP contribution >= 0.6 is 23.1 Å². The third kappa shape index (κ3) is 4.66. The highest BCUT2D eigenvalue weighted by Crippen LogP contribution is 2.33. The predicted octanol–water partition coefficient (Wildman–Crippen LogP) is 4.64. The van der Waals surface area contributed by atoms with E-state index in [0.29, 0.717) is 22.8 Å². The van der Waals surface area contributed by atoms with Gasteiger partial charge in [-0.15, -0.1) is 11.3 Å². The van der Waals surface area contributed by atoms with Gasteiger partial charge in [-0.3, -0.25) is 9.59 Å². The lowest BCUT2D eigenvalue weighted by Crippen LogP contribution is -2.16. The van der Waals surface area contributed by atoms with Gasteiger partial charge in [-0.05, 0) is 43.2 Å². The second kappa shape index (κ2) is 8.89. The first-order chi connectivity index (χ1) is 14.5. The number of aryl methyl sites for hydroxylation is 2. The molecular weight excluding hydrogens is 420 g/mol. The maximum absolute atomic E-state index is 12.5. The lowest BCUT2D eigenvalue weighted by Gasteiger charge is -2.10. The monoisotopic (exact) mass is 440 g/mol. The maximum atomic E-state index is 12.5. The van der Waals surface area contributed by atoms with Crippen LogP contribution in [-0.2, 0) is 11.2 Å². The first kappa shape index (κ1) is 20.4. The summed E-state index contributed by atoms with van der Waals surface area (Å²) in [4.78, 5) is 29.4. The van der Waals surface area contributed by atoms with E-state index in [1.165, 1.54) is 23.1 Å². The highest BCUT2D eigenvalue weighted by molar-refractivity contribution is 8.01. The van der Waals surface area contributed by atoms with Gasteiger partial charge in [0.05, 0.1) is 17.9 Å². The van der Waals surface area contributed by atoms with E-state index < -0.39 is 0 Å². The molecule has 1 amide bonds. The number of ether oxygens (including phenoxy) is 2. The fourth-order valence-electron chi connectivity index (χ4n) is 3.08. The molecule has 0 fully saturated rings. The fraction of sp³-hybridized carbons (Fsp3) is 0.227. The van der Waals surface area contributed by atoms with E-state index in [0.717, 1.165) is 21.2 Å². The van der Waals surface area contributed by atoms with Crippen LogP contribution in [0.5, 0.6) is 11.5 Å². The Morgan fingerprint density at radius 3 is 2.70 bits per heavy atom. The number of fused-ring (bicyclic) bond motifs is 1. The van der Waals surface area contributed by atoms with Crippen LogP contribution in [0.25, 0.3) is 0 Å².